The van der Waals surface area contributed by atoms with Crippen molar-refractivity contribution in [2.24, 2.45) is 0 Å². The fourth-order valence-electron chi connectivity index (χ4n) is 3.85. The summed E-state index contributed by atoms with van der Waals surface area (Å²) in [6.07, 6.45) is 5.35. The smallest absolute Gasteiger partial charge is 0.323 e. The summed E-state index contributed by atoms with van der Waals surface area (Å²) in [7, 11) is 0. The van der Waals surface area contributed by atoms with E-state index in [1.165, 1.54) is 16.7 Å². The van der Waals surface area contributed by atoms with Crippen molar-refractivity contribution in [3.8, 4) is 0 Å². The zero-order valence-electron chi connectivity index (χ0n) is 20.3. The van der Waals surface area contributed by atoms with Gasteiger partial charge in [-0.1, -0.05) is 66.5 Å². The number of thiocarbonyl (C=S) groups is 1. The van der Waals surface area contributed by atoms with Gasteiger partial charge in [0.15, 0.2) is 0 Å². The molecule has 0 bridgehead atoms. The summed E-state index contributed by atoms with van der Waals surface area (Å²) in [6, 6.07) is 23.1. The van der Waals surface area contributed by atoms with E-state index in [9.17, 15) is 9.59 Å². The second-order valence-corrected chi connectivity index (χ2v) is 10.3. The number of aliphatic carboxylic acids is 1. The first-order valence-electron chi connectivity index (χ1n) is 11.4. The first-order valence-corrected chi connectivity index (χ1v) is 12.6. The van der Waals surface area contributed by atoms with E-state index in [0.29, 0.717) is 4.91 Å². The zero-order chi connectivity index (χ0) is 25.8. The van der Waals surface area contributed by atoms with Crippen molar-refractivity contribution in [1.82, 2.24) is 4.90 Å². The molecule has 0 unspecified atom stereocenters. The topological polar surface area (TPSA) is 60.9 Å². The van der Waals surface area contributed by atoms with E-state index < -0.39 is 12.5 Å². The van der Waals surface area contributed by atoms with Crippen LogP contribution >= 0.6 is 24.0 Å². The van der Waals surface area contributed by atoms with E-state index in [0.717, 1.165) is 39.3 Å². The van der Waals surface area contributed by atoms with Crippen LogP contribution in [0.1, 0.15) is 22.3 Å². The maximum Gasteiger partial charge on any atom is 0.323 e. The minimum atomic E-state index is -1.09. The van der Waals surface area contributed by atoms with E-state index in [1.807, 2.05) is 18.2 Å². The summed E-state index contributed by atoms with van der Waals surface area (Å²) >= 11 is 6.25. The Morgan fingerprint density at radius 1 is 0.972 bits per heavy atom. The van der Waals surface area contributed by atoms with Crippen molar-refractivity contribution in [3.63, 3.8) is 0 Å². The lowest BCUT2D eigenvalue weighted by atomic mass is 10.1. The Kier molecular flexibility index (Phi) is 7.72. The van der Waals surface area contributed by atoms with E-state index in [4.69, 9.17) is 17.3 Å². The molecule has 0 aromatic heterocycles. The van der Waals surface area contributed by atoms with Gasteiger partial charge in [0.25, 0.3) is 5.91 Å². The number of nitrogens with zero attached hydrogens (tertiary/aromatic N) is 2. The number of benzene rings is 3. The fourth-order valence-corrected chi connectivity index (χ4v) is 5.05. The molecule has 1 saturated heterocycles. The number of anilines is 3. The molecule has 7 heteroatoms. The van der Waals surface area contributed by atoms with Gasteiger partial charge in [-0.05, 0) is 85.5 Å². The van der Waals surface area contributed by atoms with Crippen LogP contribution in [0.15, 0.2) is 83.8 Å². The molecule has 1 aliphatic rings. The Hall–Kier alpha value is -3.68. The standard InChI is InChI=1S/C29H26N2O3S2/c1-19-6-4-8-24(16-19)31(25-13-10-20(2)21(3)17-25)23-14-11-22(12-15-23)7-5-9-26-28(34)30(18-27(32)33)29(35)36-26/h4-17H,18H2,1-3H3,(H,32,33)/b7-5+,26-9+. The molecule has 0 saturated carbocycles. The summed E-state index contributed by atoms with van der Waals surface area (Å²) in [5.74, 6) is -1.47. The lowest BCUT2D eigenvalue weighted by molar-refractivity contribution is -0.140. The number of allylic oxidation sites excluding steroid dienone is 2. The number of carboxylic acid groups (broad SMARTS) is 1. The molecule has 5 nitrogen and oxygen atoms in total. The third-order valence-corrected chi connectivity index (χ3v) is 7.26. The van der Waals surface area contributed by atoms with Crippen molar-refractivity contribution in [1.29, 1.82) is 0 Å². The molecule has 0 atom stereocenters. The Morgan fingerprint density at radius 2 is 1.67 bits per heavy atom. The second kappa shape index (κ2) is 10.9. The largest absolute Gasteiger partial charge is 0.480 e. The third kappa shape index (κ3) is 5.75. The monoisotopic (exact) mass is 514 g/mol. The molecule has 1 fully saturated rings. The third-order valence-electron chi connectivity index (χ3n) is 5.86. The average molecular weight is 515 g/mol. The van der Waals surface area contributed by atoms with Gasteiger partial charge >= 0.3 is 5.97 Å². The Morgan fingerprint density at radius 3 is 2.33 bits per heavy atom. The van der Waals surface area contributed by atoms with E-state index >= 15 is 0 Å². The van der Waals surface area contributed by atoms with Crippen molar-refractivity contribution in [2.45, 2.75) is 20.8 Å². The van der Waals surface area contributed by atoms with Crippen LogP contribution < -0.4 is 4.90 Å². The molecule has 3 aromatic carbocycles. The maximum atomic E-state index is 12.4. The first-order chi connectivity index (χ1) is 17.2. The van der Waals surface area contributed by atoms with Crippen LogP contribution in [0.3, 0.4) is 0 Å². The Balaban J connectivity index is 1.58. The normalized spacial score (nSPS) is 14.8. The molecular formula is C29H26N2O3S2. The summed E-state index contributed by atoms with van der Waals surface area (Å²) in [6.45, 7) is 5.90. The van der Waals surface area contributed by atoms with Gasteiger partial charge in [0, 0.05) is 17.1 Å². The molecular weight excluding hydrogens is 488 g/mol. The first kappa shape index (κ1) is 25.4. The number of carboxylic acids is 1. The molecule has 1 amide bonds. The van der Waals surface area contributed by atoms with Crippen molar-refractivity contribution in [2.75, 3.05) is 11.4 Å². The number of rotatable bonds is 7. The predicted molar refractivity (Wildman–Crippen MR) is 152 cm³/mol. The molecule has 4 rings (SSSR count). The quantitative estimate of drug-likeness (QED) is 0.273. The number of amides is 1. The molecule has 3 aromatic rings. The number of carbonyl (C=O) groups excluding carboxylic acids is 1. The summed E-state index contributed by atoms with van der Waals surface area (Å²) in [4.78, 5) is 27.1. The van der Waals surface area contributed by atoms with Gasteiger partial charge in [-0.25, -0.2) is 0 Å². The van der Waals surface area contributed by atoms with E-state index in [-0.39, 0.29) is 10.2 Å². The number of carbonyl (C=O) groups is 2. The molecule has 1 heterocycles. The molecule has 0 aliphatic carbocycles. The van der Waals surface area contributed by atoms with Gasteiger partial charge in [0.1, 0.15) is 10.9 Å². The van der Waals surface area contributed by atoms with Crippen LogP contribution in [0, 0.1) is 20.8 Å². The van der Waals surface area contributed by atoms with Gasteiger partial charge < -0.3 is 10.0 Å². The van der Waals surface area contributed by atoms with Gasteiger partial charge in [-0.15, -0.1) is 0 Å². The fraction of sp³-hybridized carbons (Fsp3) is 0.138. The van der Waals surface area contributed by atoms with E-state index in [2.05, 4.69) is 80.3 Å². The highest BCUT2D eigenvalue weighted by Gasteiger charge is 2.32. The highest BCUT2D eigenvalue weighted by Crippen LogP contribution is 2.36. The zero-order valence-corrected chi connectivity index (χ0v) is 21.9. The number of hydrogen-bond donors (Lipinski definition) is 1. The minimum absolute atomic E-state index is 0.258. The maximum absolute atomic E-state index is 12.4. The average Bonchev–Trinajstić information content (AvgIpc) is 3.10. The molecule has 1 aliphatic heterocycles. The highest BCUT2D eigenvalue weighted by atomic mass is 32.2. The lowest BCUT2D eigenvalue weighted by Gasteiger charge is -2.26. The molecule has 1 N–H and O–H groups in total. The second-order valence-electron chi connectivity index (χ2n) is 8.58. The Labute approximate surface area is 220 Å². The van der Waals surface area contributed by atoms with Crippen LogP contribution in [-0.2, 0) is 9.59 Å². The van der Waals surface area contributed by atoms with Gasteiger partial charge in [0.05, 0.1) is 4.91 Å². The Bertz CT molecular complexity index is 1390. The van der Waals surface area contributed by atoms with Crippen LogP contribution in [-0.4, -0.2) is 32.7 Å². The van der Waals surface area contributed by atoms with Gasteiger partial charge in [0.2, 0.25) is 0 Å². The van der Waals surface area contributed by atoms with Crippen LogP contribution in [0.2, 0.25) is 0 Å². The van der Waals surface area contributed by atoms with Gasteiger partial charge in [-0.2, -0.15) is 0 Å². The highest BCUT2D eigenvalue weighted by molar-refractivity contribution is 8.26. The number of aryl methyl sites for hydroxylation is 3. The van der Waals surface area contributed by atoms with Crippen LogP contribution in [0.5, 0.6) is 0 Å². The summed E-state index contributed by atoms with van der Waals surface area (Å²) < 4.78 is 0.258. The molecule has 0 radical (unpaired) electrons. The SMILES string of the molecule is Cc1cccc(N(c2ccc(/C=C/C=C3/SC(=S)N(CC(=O)O)C3=O)cc2)c2ccc(C)c(C)c2)c1. The predicted octanol–water partition coefficient (Wildman–Crippen LogP) is 6.92. The van der Waals surface area contributed by atoms with Crippen molar-refractivity contribution < 1.29 is 14.7 Å². The number of thioether (sulfide) groups is 1. The van der Waals surface area contributed by atoms with Crippen molar-refractivity contribution >= 4 is 63.3 Å². The molecule has 36 heavy (non-hydrogen) atoms. The van der Waals surface area contributed by atoms with Crippen LogP contribution in [0.4, 0.5) is 17.1 Å². The van der Waals surface area contributed by atoms with Crippen molar-refractivity contribution in [3.05, 3.63) is 106 Å². The minimum Gasteiger partial charge on any atom is -0.480 e. The van der Waals surface area contributed by atoms with Crippen LogP contribution in [0.25, 0.3) is 6.08 Å². The van der Waals surface area contributed by atoms with E-state index in [1.54, 1.807) is 12.2 Å². The number of hydrogen-bond acceptors (Lipinski definition) is 5. The summed E-state index contributed by atoms with van der Waals surface area (Å²) in [5, 5.41) is 8.97. The molecule has 0 spiro atoms. The molecule has 182 valence electrons. The summed E-state index contributed by atoms with van der Waals surface area (Å²) in [5.41, 5.74) is 7.87. The lowest BCUT2D eigenvalue weighted by Crippen LogP contribution is -2.33. The van der Waals surface area contributed by atoms with Gasteiger partial charge in [-0.3, -0.25) is 14.5 Å².